The minimum absolute atomic E-state index is 0.112. The molecule has 0 spiro atoms. The average Bonchev–Trinajstić information content (AvgIpc) is 2.75. The second-order valence-electron chi connectivity index (χ2n) is 3.38. The van der Waals surface area contributed by atoms with E-state index in [9.17, 15) is 24.5 Å². The molecule has 0 unspecified atom stereocenters. The summed E-state index contributed by atoms with van der Waals surface area (Å²) in [6, 6.07) is 0.976. The lowest BCUT2D eigenvalue weighted by molar-refractivity contribution is -0.380. The summed E-state index contributed by atoms with van der Waals surface area (Å²) in [7, 11) is 0. The Labute approximate surface area is 109 Å². The summed E-state index contributed by atoms with van der Waals surface area (Å²) >= 11 is 0.700. The van der Waals surface area contributed by atoms with Gasteiger partial charge >= 0.3 is 16.9 Å². The summed E-state index contributed by atoms with van der Waals surface area (Å²) in [5, 5.41) is 28.5. The standard InChI is InChI=1S/C9H8N2O7S/c12-7(13)2-10(3-8(14)15)9(16)5-1-6(11(17)18)19-4-5/h1,4H,2-3H2,(H,12,13)(H,14,15). The van der Waals surface area contributed by atoms with Crippen LogP contribution in [0.5, 0.6) is 0 Å². The first-order chi connectivity index (χ1) is 8.81. The van der Waals surface area contributed by atoms with Crippen LogP contribution in [0, 0.1) is 10.1 Å². The summed E-state index contributed by atoms with van der Waals surface area (Å²) in [5.41, 5.74) is -0.112. The lowest BCUT2D eigenvalue weighted by Crippen LogP contribution is -2.39. The highest BCUT2D eigenvalue weighted by atomic mass is 32.1. The van der Waals surface area contributed by atoms with Crippen molar-refractivity contribution >= 4 is 34.2 Å². The molecule has 0 aliphatic carbocycles. The Hall–Kier alpha value is -2.49. The van der Waals surface area contributed by atoms with Crippen molar-refractivity contribution in [1.29, 1.82) is 0 Å². The Balaban J connectivity index is 2.93. The molecule has 0 atom stereocenters. The zero-order chi connectivity index (χ0) is 14.6. The van der Waals surface area contributed by atoms with Crippen LogP contribution in [0.2, 0.25) is 0 Å². The van der Waals surface area contributed by atoms with Crippen molar-refractivity contribution in [3.63, 3.8) is 0 Å². The molecule has 9 nitrogen and oxygen atoms in total. The second kappa shape index (κ2) is 5.91. The fraction of sp³-hybridized carbons (Fsp3) is 0.222. The smallest absolute Gasteiger partial charge is 0.324 e. The molecule has 0 aromatic carbocycles. The molecule has 102 valence electrons. The highest BCUT2D eigenvalue weighted by Crippen LogP contribution is 2.23. The monoisotopic (exact) mass is 288 g/mol. The van der Waals surface area contributed by atoms with Crippen molar-refractivity contribution in [1.82, 2.24) is 4.90 Å². The third-order valence-corrected chi connectivity index (χ3v) is 2.83. The summed E-state index contributed by atoms with van der Waals surface area (Å²) in [6.07, 6.45) is 0. The Morgan fingerprint density at radius 1 is 1.26 bits per heavy atom. The van der Waals surface area contributed by atoms with E-state index in [0.717, 1.165) is 6.07 Å². The lowest BCUT2D eigenvalue weighted by atomic mass is 10.3. The average molecular weight is 288 g/mol. The maximum Gasteiger partial charge on any atom is 0.324 e. The molecule has 0 bridgehead atoms. The van der Waals surface area contributed by atoms with E-state index in [0.29, 0.717) is 16.2 Å². The molecule has 19 heavy (non-hydrogen) atoms. The SMILES string of the molecule is O=C(O)CN(CC(=O)O)C(=O)c1csc([N+](=O)[O-])c1. The largest absolute Gasteiger partial charge is 0.480 e. The number of carbonyl (C=O) groups is 3. The van der Waals surface area contributed by atoms with Crippen LogP contribution in [-0.4, -0.2) is 51.0 Å². The van der Waals surface area contributed by atoms with Crippen LogP contribution in [0.25, 0.3) is 0 Å². The summed E-state index contributed by atoms with van der Waals surface area (Å²) in [4.78, 5) is 43.3. The van der Waals surface area contributed by atoms with Gasteiger partial charge in [-0.25, -0.2) is 0 Å². The van der Waals surface area contributed by atoms with Crippen LogP contribution in [0.3, 0.4) is 0 Å². The summed E-state index contributed by atoms with van der Waals surface area (Å²) in [5.74, 6) is -3.63. The number of nitro groups is 1. The van der Waals surface area contributed by atoms with Gasteiger partial charge in [0.1, 0.15) is 13.1 Å². The van der Waals surface area contributed by atoms with Crippen LogP contribution in [0.1, 0.15) is 10.4 Å². The van der Waals surface area contributed by atoms with Crippen molar-refractivity contribution in [2.45, 2.75) is 0 Å². The van der Waals surface area contributed by atoms with Gasteiger partial charge in [-0.15, -0.1) is 0 Å². The molecule has 0 radical (unpaired) electrons. The number of rotatable bonds is 6. The van der Waals surface area contributed by atoms with E-state index in [-0.39, 0.29) is 10.6 Å². The number of amides is 1. The third-order valence-electron chi connectivity index (χ3n) is 1.95. The molecule has 2 N–H and O–H groups in total. The topological polar surface area (TPSA) is 138 Å². The molecule has 0 fully saturated rings. The Morgan fingerprint density at radius 3 is 2.16 bits per heavy atom. The molecule has 1 heterocycles. The first-order valence-electron chi connectivity index (χ1n) is 4.77. The number of aliphatic carboxylic acids is 2. The Bertz CT molecular complexity index is 522. The molecule has 10 heteroatoms. The van der Waals surface area contributed by atoms with E-state index >= 15 is 0 Å². The van der Waals surface area contributed by atoms with Gasteiger partial charge in [-0.1, -0.05) is 11.3 Å². The molecular weight excluding hydrogens is 280 g/mol. The van der Waals surface area contributed by atoms with Gasteiger partial charge in [0.25, 0.3) is 5.91 Å². The van der Waals surface area contributed by atoms with E-state index in [2.05, 4.69) is 0 Å². The van der Waals surface area contributed by atoms with Gasteiger partial charge < -0.3 is 15.1 Å². The van der Waals surface area contributed by atoms with Crippen LogP contribution >= 0.6 is 11.3 Å². The van der Waals surface area contributed by atoms with Gasteiger partial charge in [0.2, 0.25) is 0 Å². The van der Waals surface area contributed by atoms with Gasteiger partial charge in [-0.3, -0.25) is 24.5 Å². The van der Waals surface area contributed by atoms with Gasteiger partial charge in [-0.05, 0) is 0 Å². The predicted molar refractivity (Wildman–Crippen MR) is 62.1 cm³/mol. The van der Waals surface area contributed by atoms with Crippen LogP contribution in [-0.2, 0) is 9.59 Å². The lowest BCUT2D eigenvalue weighted by Gasteiger charge is -2.17. The first kappa shape index (κ1) is 14.6. The molecule has 1 aromatic rings. The molecular formula is C9H8N2O7S. The number of carbonyl (C=O) groups excluding carboxylic acids is 1. The van der Waals surface area contributed by atoms with Crippen LogP contribution < -0.4 is 0 Å². The van der Waals surface area contributed by atoms with Crippen molar-refractivity contribution in [2.24, 2.45) is 0 Å². The Kier molecular flexibility index (Phi) is 4.53. The summed E-state index contributed by atoms with van der Waals surface area (Å²) in [6.45, 7) is -1.59. The zero-order valence-electron chi connectivity index (χ0n) is 9.31. The minimum Gasteiger partial charge on any atom is -0.480 e. The Morgan fingerprint density at radius 2 is 1.79 bits per heavy atom. The predicted octanol–water partition coefficient (Wildman–Crippen LogP) is 0.268. The molecule has 0 saturated carbocycles. The summed E-state index contributed by atoms with van der Waals surface area (Å²) < 4.78 is 0. The normalized spacial score (nSPS) is 9.89. The van der Waals surface area contributed by atoms with E-state index < -0.39 is 35.9 Å². The molecule has 0 aliphatic rings. The molecule has 1 amide bonds. The fourth-order valence-corrected chi connectivity index (χ4v) is 1.94. The van der Waals surface area contributed by atoms with Crippen molar-refractivity contribution in [2.75, 3.05) is 13.1 Å². The van der Waals surface area contributed by atoms with Crippen molar-refractivity contribution < 1.29 is 29.5 Å². The third kappa shape index (κ3) is 4.03. The van der Waals surface area contributed by atoms with Crippen LogP contribution in [0.4, 0.5) is 5.00 Å². The highest BCUT2D eigenvalue weighted by molar-refractivity contribution is 7.13. The fourth-order valence-electron chi connectivity index (χ4n) is 1.24. The van der Waals surface area contributed by atoms with E-state index in [1.807, 2.05) is 0 Å². The number of nitrogens with zero attached hydrogens (tertiary/aromatic N) is 2. The van der Waals surface area contributed by atoms with Gasteiger partial charge in [-0.2, -0.15) is 0 Å². The second-order valence-corrected chi connectivity index (χ2v) is 4.27. The number of thiophene rings is 1. The number of hydrogen-bond acceptors (Lipinski definition) is 6. The van der Waals surface area contributed by atoms with Gasteiger partial charge in [0.15, 0.2) is 0 Å². The minimum atomic E-state index is -1.38. The van der Waals surface area contributed by atoms with E-state index in [1.54, 1.807) is 0 Å². The number of carboxylic acids is 2. The van der Waals surface area contributed by atoms with E-state index in [1.165, 1.54) is 5.38 Å². The van der Waals surface area contributed by atoms with Crippen LogP contribution in [0.15, 0.2) is 11.4 Å². The number of hydrogen-bond donors (Lipinski definition) is 2. The zero-order valence-corrected chi connectivity index (χ0v) is 10.1. The molecule has 0 aliphatic heterocycles. The highest BCUT2D eigenvalue weighted by Gasteiger charge is 2.23. The van der Waals surface area contributed by atoms with Crippen molar-refractivity contribution in [3.05, 3.63) is 27.1 Å². The number of carboxylic acid groups (broad SMARTS) is 2. The maximum absolute atomic E-state index is 11.8. The molecule has 1 aromatic heterocycles. The quantitative estimate of drug-likeness (QED) is 0.565. The van der Waals surface area contributed by atoms with Gasteiger partial charge in [0.05, 0.1) is 10.5 Å². The molecule has 0 saturated heterocycles. The van der Waals surface area contributed by atoms with Crippen molar-refractivity contribution in [3.8, 4) is 0 Å². The first-order valence-corrected chi connectivity index (χ1v) is 5.65. The van der Waals surface area contributed by atoms with E-state index in [4.69, 9.17) is 10.2 Å². The van der Waals surface area contributed by atoms with Gasteiger partial charge in [0, 0.05) is 11.4 Å². The molecule has 1 rings (SSSR count). The maximum atomic E-state index is 11.8.